The Bertz CT molecular complexity index is 371. The smallest absolute Gasteiger partial charge is 0.326 e. The highest BCUT2D eigenvalue weighted by atomic mass is 32.2. The first-order valence-corrected chi connectivity index (χ1v) is 7.26. The van der Waals surface area contributed by atoms with Gasteiger partial charge in [0.15, 0.2) is 6.10 Å². The third-order valence-electron chi connectivity index (χ3n) is 2.70. The zero-order valence-corrected chi connectivity index (χ0v) is 11.5. The van der Waals surface area contributed by atoms with Gasteiger partial charge in [-0.05, 0) is 18.4 Å². The van der Waals surface area contributed by atoms with Gasteiger partial charge >= 0.3 is 12.0 Å². The number of thioether (sulfide) groups is 1. The SMILES string of the molecule is CSCC[C@H](NC(=O)N1CCOC(C#N)C1)C(=O)O. The number of ether oxygens (including phenoxy) is 1. The third kappa shape index (κ3) is 4.96. The number of carbonyl (C=O) groups is 2. The van der Waals surface area contributed by atoms with E-state index in [2.05, 4.69) is 5.32 Å². The van der Waals surface area contributed by atoms with Crippen LogP contribution in [0.2, 0.25) is 0 Å². The maximum atomic E-state index is 11.9. The summed E-state index contributed by atoms with van der Waals surface area (Å²) in [5.74, 6) is -0.395. The van der Waals surface area contributed by atoms with E-state index < -0.39 is 24.1 Å². The lowest BCUT2D eigenvalue weighted by Crippen LogP contribution is -2.53. The summed E-state index contributed by atoms with van der Waals surface area (Å²) >= 11 is 1.52. The van der Waals surface area contributed by atoms with E-state index >= 15 is 0 Å². The van der Waals surface area contributed by atoms with Gasteiger partial charge in [0.1, 0.15) is 6.04 Å². The maximum Gasteiger partial charge on any atom is 0.326 e. The molecule has 1 rings (SSSR count). The molecule has 1 fully saturated rings. The number of nitrogens with zero attached hydrogens (tertiary/aromatic N) is 2. The normalized spacial score (nSPS) is 20.4. The van der Waals surface area contributed by atoms with Crippen LogP contribution in [-0.2, 0) is 9.53 Å². The van der Waals surface area contributed by atoms with Gasteiger partial charge in [-0.3, -0.25) is 0 Å². The maximum absolute atomic E-state index is 11.9. The molecular formula is C11H17N3O4S. The zero-order valence-electron chi connectivity index (χ0n) is 10.7. The molecule has 0 radical (unpaired) electrons. The van der Waals surface area contributed by atoms with Crippen molar-refractivity contribution in [3.8, 4) is 6.07 Å². The fourth-order valence-corrected chi connectivity index (χ4v) is 2.12. The van der Waals surface area contributed by atoms with Crippen LogP contribution in [0.25, 0.3) is 0 Å². The van der Waals surface area contributed by atoms with Crippen molar-refractivity contribution in [3.05, 3.63) is 0 Å². The first-order chi connectivity index (χ1) is 9.08. The van der Waals surface area contributed by atoms with Gasteiger partial charge in [-0.15, -0.1) is 0 Å². The van der Waals surface area contributed by atoms with E-state index in [-0.39, 0.29) is 13.2 Å². The summed E-state index contributed by atoms with van der Waals surface area (Å²) in [7, 11) is 0. The number of aliphatic carboxylic acids is 1. The molecule has 0 aromatic heterocycles. The number of rotatable bonds is 5. The largest absolute Gasteiger partial charge is 0.480 e. The van der Waals surface area contributed by atoms with E-state index in [0.29, 0.717) is 18.7 Å². The van der Waals surface area contributed by atoms with Gasteiger partial charge in [0.2, 0.25) is 0 Å². The summed E-state index contributed by atoms with van der Waals surface area (Å²) in [5, 5.41) is 20.2. The van der Waals surface area contributed by atoms with Gasteiger partial charge in [0, 0.05) is 6.54 Å². The fraction of sp³-hybridized carbons (Fsp3) is 0.727. The van der Waals surface area contributed by atoms with Gasteiger partial charge in [-0.2, -0.15) is 17.0 Å². The van der Waals surface area contributed by atoms with Crippen molar-refractivity contribution in [2.24, 2.45) is 0 Å². The van der Waals surface area contributed by atoms with Crippen molar-refractivity contribution in [3.63, 3.8) is 0 Å². The summed E-state index contributed by atoms with van der Waals surface area (Å²) in [6.07, 6.45) is 1.60. The average Bonchev–Trinajstić information content (AvgIpc) is 2.42. The minimum absolute atomic E-state index is 0.164. The van der Waals surface area contributed by atoms with Crippen LogP contribution in [0.5, 0.6) is 0 Å². The van der Waals surface area contributed by atoms with Crippen LogP contribution < -0.4 is 5.32 Å². The molecule has 19 heavy (non-hydrogen) atoms. The standard InChI is InChI=1S/C11H17N3O4S/c1-19-5-2-9(10(15)16)13-11(17)14-3-4-18-8(6-12)7-14/h8-9H,2-5,7H2,1H3,(H,13,17)(H,15,16)/t8?,9-/m0/s1. The fourth-order valence-electron chi connectivity index (χ4n) is 1.65. The number of morpholine rings is 1. The number of urea groups is 1. The molecular weight excluding hydrogens is 270 g/mol. The van der Waals surface area contributed by atoms with E-state index in [1.54, 1.807) is 0 Å². The summed E-state index contributed by atoms with van der Waals surface area (Å²) in [5.41, 5.74) is 0. The number of amides is 2. The molecule has 1 unspecified atom stereocenters. The summed E-state index contributed by atoms with van der Waals surface area (Å²) in [4.78, 5) is 24.4. The first-order valence-electron chi connectivity index (χ1n) is 5.87. The van der Waals surface area contributed by atoms with Crippen LogP contribution in [0, 0.1) is 11.3 Å². The second kappa shape index (κ2) is 7.86. The number of carbonyl (C=O) groups excluding carboxylic acids is 1. The molecule has 1 heterocycles. The number of hydrogen-bond donors (Lipinski definition) is 2. The lowest BCUT2D eigenvalue weighted by atomic mass is 10.2. The highest BCUT2D eigenvalue weighted by Gasteiger charge is 2.27. The lowest BCUT2D eigenvalue weighted by molar-refractivity contribution is -0.139. The van der Waals surface area contributed by atoms with Crippen molar-refractivity contribution in [2.75, 3.05) is 31.7 Å². The number of nitriles is 1. The Hall–Kier alpha value is -1.46. The van der Waals surface area contributed by atoms with Crippen LogP contribution in [0.15, 0.2) is 0 Å². The Kier molecular flexibility index (Phi) is 6.45. The van der Waals surface area contributed by atoms with Gasteiger partial charge in [-0.1, -0.05) is 0 Å². The summed E-state index contributed by atoms with van der Waals surface area (Å²) < 4.78 is 5.12. The molecule has 8 heteroatoms. The molecule has 0 aromatic carbocycles. The predicted octanol–water partition coefficient (Wildman–Crippen LogP) is 0.127. The molecule has 7 nitrogen and oxygen atoms in total. The number of carboxylic acids is 1. The highest BCUT2D eigenvalue weighted by molar-refractivity contribution is 7.98. The number of hydrogen-bond acceptors (Lipinski definition) is 5. The summed E-state index contributed by atoms with van der Waals surface area (Å²) in [6, 6.07) is 0.575. The second-order valence-corrected chi connectivity index (χ2v) is 5.04. The number of carboxylic acid groups (broad SMARTS) is 1. The minimum Gasteiger partial charge on any atom is -0.480 e. The van der Waals surface area contributed by atoms with Gasteiger partial charge in [-0.25, -0.2) is 9.59 Å². The lowest BCUT2D eigenvalue weighted by Gasteiger charge is -2.30. The average molecular weight is 287 g/mol. The Labute approximate surface area is 115 Å². The minimum atomic E-state index is -1.05. The van der Waals surface area contributed by atoms with Gasteiger partial charge < -0.3 is 20.1 Å². The Balaban J connectivity index is 2.51. The Morgan fingerprint density at radius 3 is 3.00 bits per heavy atom. The van der Waals surface area contributed by atoms with Crippen LogP contribution in [0.1, 0.15) is 6.42 Å². The van der Waals surface area contributed by atoms with Crippen molar-refractivity contribution in [2.45, 2.75) is 18.6 Å². The highest BCUT2D eigenvalue weighted by Crippen LogP contribution is 2.06. The third-order valence-corrected chi connectivity index (χ3v) is 3.35. The molecule has 2 N–H and O–H groups in total. The Morgan fingerprint density at radius 1 is 1.68 bits per heavy atom. The molecule has 1 aliphatic heterocycles. The van der Waals surface area contributed by atoms with Gasteiger partial charge in [0.05, 0.1) is 19.2 Å². The summed E-state index contributed by atoms with van der Waals surface area (Å²) in [6.45, 7) is 0.810. The van der Waals surface area contributed by atoms with Crippen molar-refractivity contribution in [1.29, 1.82) is 5.26 Å². The number of nitrogens with one attached hydrogen (secondary N) is 1. The predicted molar refractivity (Wildman–Crippen MR) is 69.9 cm³/mol. The van der Waals surface area contributed by atoms with Crippen LogP contribution in [0.3, 0.4) is 0 Å². The molecule has 2 atom stereocenters. The van der Waals surface area contributed by atoms with E-state index in [0.717, 1.165) is 0 Å². The molecule has 1 aliphatic rings. The van der Waals surface area contributed by atoms with Crippen LogP contribution in [0.4, 0.5) is 4.79 Å². The monoisotopic (exact) mass is 287 g/mol. The van der Waals surface area contributed by atoms with E-state index in [9.17, 15) is 9.59 Å². The zero-order chi connectivity index (χ0) is 14.3. The van der Waals surface area contributed by atoms with Crippen molar-refractivity contribution in [1.82, 2.24) is 10.2 Å². The molecule has 0 spiro atoms. The molecule has 0 aliphatic carbocycles. The topological polar surface area (TPSA) is 103 Å². The van der Waals surface area contributed by atoms with E-state index in [4.69, 9.17) is 15.1 Å². The first kappa shape index (κ1) is 15.6. The van der Waals surface area contributed by atoms with Crippen molar-refractivity contribution >= 4 is 23.8 Å². The quantitative estimate of drug-likeness (QED) is 0.745. The van der Waals surface area contributed by atoms with E-state index in [1.807, 2.05) is 12.3 Å². The Morgan fingerprint density at radius 2 is 2.42 bits per heavy atom. The van der Waals surface area contributed by atoms with Gasteiger partial charge in [0.25, 0.3) is 0 Å². The molecule has 0 saturated carbocycles. The van der Waals surface area contributed by atoms with Crippen LogP contribution >= 0.6 is 11.8 Å². The second-order valence-electron chi connectivity index (χ2n) is 4.06. The van der Waals surface area contributed by atoms with E-state index in [1.165, 1.54) is 16.7 Å². The molecule has 0 bridgehead atoms. The molecule has 1 saturated heterocycles. The van der Waals surface area contributed by atoms with Crippen LogP contribution in [-0.4, -0.2) is 65.9 Å². The molecule has 2 amide bonds. The van der Waals surface area contributed by atoms with Crippen molar-refractivity contribution < 1.29 is 19.4 Å². The molecule has 106 valence electrons. The molecule has 0 aromatic rings.